The quantitative estimate of drug-likeness (QED) is 0.192. The minimum atomic E-state index is -1.39. The maximum absolute atomic E-state index is 13.7. The van der Waals surface area contributed by atoms with Crippen LogP contribution in [-0.4, -0.2) is 79.3 Å². The van der Waals surface area contributed by atoms with Crippen LogP contribution in [0.3, 0.4) is 0 Å². The van der Waals surface area contributed by atoms with Gasteiger partial charge in [-0.05, 0) is 36.6 Å². The summed E-state index contributed by atoms with van der Waals surface area (Å²) in [5.41, 5.74) is 1.54. The van der Waals surface area contributed by atoms with E-state index in [1.54, 1.807) is 44.2 Å². The van der Waals surface area contributed by atoms with Crippen LogP contribution in [0.4, 0.5) is 16.2 Å². The second-order valence-electron chi connectivity index (χ2n) is 11.5. The number of methoxy groups -OCH3 is 1. The van der Waals surface area contributed by atoms with Crippen LogP contribution in [0.1, 0.15) is 56.0 Å². The lowest BCUT2D eigenvalue weighted by atomic mass is 9.71. The Morgan fingerprint density at radius 2 is 1.91 bits per heavy atom. The Morgan fingerprint density at radius 1 is 1.19 bits per heavy atom. The van der Waals surface area contributed by atoms with E-state index in [1.807, 2.05) is 6.92 Å². The molecule has 2 amide bonds. The summed E-state index contributed by atoms with van der Waals surface area (Å²) in [6, 6.07) is 9.40. The van der Waals surface area contributed by atoms with Crippen LogP contribution in [0.25, 0.3) is 0 Å². The second-order valence-corrected chi connectivity index (χ2v) is 11.5. The number of benzene rings is 2. The molecule has 230 valence electrons. The Hall–Kier alpha value is -4.03. The molecule has 2 aliphatic rings. The minimum absolute atomic E-state index is 0.0619. The van der Waals surface area contributed by atoms with E-state index < -0.39 is 23.8 Å². The molecule has 2 aliphatic heterocycles. The third kappa shape index (κ3) is 6.97. The highest BCUT2D eigenvalue weighted by molar-refractivity contribution is 6.77. The van der Waals surface area contributed by atoms with E-state index in [0.29, 0.717) is 35.8 Å². The Balaban J connectivity index is 1.55. The molecule has 0 saturated carbocycles. The summed E-state index contributed by atoms with van der Waals surface area (Å²) in [5, 5.41) is 23.9. The second kappa shape index (κ2) is 13.5. The topological polar surface area (TPSA) is 138 Å². The average molecular weight is 593 g/mol. The zero-order valence-corrected chi connectivity index (χ0v) is 25.2. The summed E-state index contributed by atoms with van der Waals surface area (Å²) >= 11 is 0. The molecule has 12 heteroatoms. The van der Waals surface area contributed by atoms with Gasteiger partial charge in [0.25, 0.3) is 5.91 Å². The van der Waals surface area contributed by atoms with Gasteiger partial charge in [0.05, 0.1) is 37.6 Å². The van der Waals surface area contributed by atoms with Gasteiger partial charge in [-0.2, -0.15) is 0 Å². The molecule has 2 aromatic carbocycles. The summed E-state index contributed by atoms with van der Waals surface area (Å²) in [6.45, 7) is 9.74. The van der Waals surface area contributed by atoms with E-state index in [1.165, 1.54) is 18.1 Å². The smallest absolute Gasteiger partial charge is 0.416 e. The van der Waals surface area contributed by atoms with Gasteiger partial charge in [-0.3, -0.25) is 4.79 Å². The predicted octanol–water partition coefficient (Wildman–Crippen LogP) is 3.43. The molecule has 2 aromatic rings. The van der Waals surface area contributed by atoms with Crippen LogP contribution >= 0.6 is 0 Å². The van der Waals surface area contributed by atoms with Crippen molar-refractivity contribution >= 4 is 36.5 Å². The molecule has 43 heavy (non-hydrogen) atoms. The van der Waals surface area contributed by atoms with Crippen molar-refractivity contribution in [3.05, 3.63) is 59.7 Å². The Labute approximate surface area is 252 Å². The molecule has 1 fully saturated rings. The normalized spacial score (nSPS) is 18.0. The van der Waals surface area contributed by atoms with Gasteiger partial charge in [-0.15, -0.1) is 0 Å². The molecule has 0 aliphatic carbocycles. The maximum atomic E-state index is 13.7. The van der Waals surface area contributed by atoms with E-state index in [4.69, 9.17) is 14.2 Å². The highest BCUT2D eigenvalue weighted by Gasteiger charge is 2.46. The Morgan fingerprint density at radius 3 is 2.56 bits per heavy atom. The van der Waals surface area contributed by atoms with E-state index in [-0.39, 0.29) is 50.0 Å². The van der Waals surface area contributed by atoms with Gasteiger partial charge in [0, 0.05) is 23.7 Å². The fourth-order valence-corrected chi connectivity index (χ4v) is 4.95. The van der Waals surface area contributed by atoms with Gasteiger partial charge < -0.3 is 39.3 Å². The minimum Gasteiger partial charge on any atom is -0.493 e. The molecule has 0 bridgehead atoms. The first kappa shape index (κ1) is 31.9. The number of amides is 2. The number of unbranched alkanes of at least 4 members (excludes halogenated alkanes) is 1. The summed E-state index contributed by atoms with van der Waals surface area (Å²) in [5.74, 6) is 0.344. The van der Waals surface area contributed by atoms with Crippen molar-refractivity contribution in [2.24, 2.45) is 5.41 Å². The zero-order chi connectivity index (χ0) is 31.3. The van der Waals surface area contributed by atoms with E-state index in [9.17, 15) is 24.6 Å². The molecule has 2 atom stereocenters. The van der Waals surface area contributed by atoms with Crippen molar-refractivity contribution in [2.75, 3.05) is 37.0 Å². The van der Waals surface area contributed by atoms with Crippen molar-refractivity contribution in [3.63, 3.8) is 0 Å². The lowest BCUT2D eigenvalue weighted by Gasteiger charge is -2.31. The molecule has 3 N–H and O–H groups in total. The summed E-state index contributed by atoms with van der Waals surface area (Å²) in [7, 11) is 1.54. The molecule has 1 saturated heterocycles. The number of hydrogen-bond acceptors (Lipinski definition) is 9. The number of aliphatic hydroxyl groups excluding tert-OH is 2. The third-order valence-electron chi connectivity index (χ3n) is 7.81. The number of carbonyl (C=O) groups is 3. The maximum Gasteiger partial charge on any atom is 0.416 e. The Kier molecular flexibility index (Phi) is 10.0. The van der Waals surface area contributed by atoms with Gasteiger partial charge in [0.15, 0.2) is 17.7 Å². The molecule has 4 rings (SSSR count). The highest BCUT2D eigenvalue weighted by atomic mass is 16.6. The van der Waals surface area contributed by atoms with Crippen molar-refractivity contribution in [1.82, 2.24) is 4.90 Å². The molecule has 11 nitrogen and oxygen atoms in total. The summed E-state index contributed by atoms with van der Waals surface area (Å²) in [6.07, 6.45) is -0.156. The van der Waals surface area contributed by atoms with Crippen LogP contribution in [0.15, 0.2) is 48.6 Å². The van der Waals surface area contributed by atoms with Crippen molar-refractivity contribution in [3.8, 4) is 11.5 Å². The molecular formula is C31H40BN3O8. The fourth-order valence-electron chi connectivity index (χ4n) is 4.95. The molecular weight excluding hydrogens is 553 g/mol. The SMILES string of the molecule is C=C1C[C@H]2[C@H](O)N(C(=O)OCc3ccc(NBC(=O)C(C)(C)CO)cc3)c3cc(OCCCC)c(OC)cc3C(=O)N2C1. The lowest BCUT2D eigenvalue weighted by Crippen LogP contribution is -2.50. The van der Waals surface area contributed by atoms with Gasteiger partial charge in [0.1, 0.15) is 12.3 Å². The number of nitrogens with one attached hydrogen (secondary N) is 1. The van der Waals surface area contributed by atoms with E-state index in [2.05, 4.69) is 11.8 Å². The first-order valence-corrected chi connectivity index (χ1v) is 14.4. The van der Waals surface area contributed by atoms with Crippen molar-refractivity contribution in [1.29, 1.82) is 0 Å². The van der Waals surface area contributed by atoms with Crippen LogP contribution in [-0.2, 0) is 16.1 Å². The molecule has 0 aromatic heterocycles. The predicted molar refractivity (Wildman–Crippen MR) is 164 cm³/mol. The molecule has 2 heterocycles. The third-order valence-corrected chi connectivity index (χ3v) is 7.81. The Bertz CT molecular complexity index is 1360. The number of fused-ring (bicyclic) bond motifs is 2. The lowest BCUT2D eigenvalue weighted by molar-refractivity contribution is -0.121. The van der Waals surface area contributed by atoms with Crippen LogP contribution < -0.4 is 19.6 Å². The highest BCUT2D eigenvalue weighted by Crippen LogP contribution is 2.42. The van der Waals surface area contributed by atoms with E-state index in [0.717, 1.165) is 23.3 Å². The van der Waals surface area contributed by atoms with Crippen molar-refractivity contribution < 1.29 is 38.8 Å². The summed E-state index contributed by atoms with van der Waals surface area (Å²) < 4.78 is 17.1. The largest absolute Gasteiger partial charge is 0.493 e. The van der Waals surface area contributed by atoms with Gasteiger partial charge >= 0.3 is 13.5 Å². The molecule has 0 unspecified atom stereocenters. The number of anilines is 2. The first-order valence-electron chi connectivity index (χ1n) is 14.4. The van der Waals surface area contributed by atoms with Crippen molar-refractivity contribution in [2.45, 2.75) is 58.9 Å². The number of rotatable bonds is 12. The molecule has 0 spiro atoms. The summed E-state index contributed by atoms with van der Waals surface area (Å²) in [4.78, 5) is 42.2. The number of carbonyl (C=O) groups excluding carboxylic acids is 3. The van der Waals surface area contributed by atoms with Crippen LogP contribution in [0.2, 0.25) is 0 Å². The van der Waals surface area contributed by atoms with Gasteiger partial charge in [-0.25, -0.2) is 9.69 Å². The van der Waals surface area contributed by atoms with Crippen LogP contribution in [0.5, 0.6) is 11.5 Å². The monoisotopic (exact) mass is 593 g/mol. The first-order chi connectivity index (χ1) is 20.5. The average Bonchev–Trinajstić information content (AvgIpc) is 3.37. The van der Waals surface area contributed by atoms with Crippen LogP contribution in [0, 0.1) is 5.41 Å². The number of aliphatic hydroxyl groups is 2. The fraction of sp³-hybridized carbons (Fsp3) is 0.452. The van der Waals surface area contributed by atoms with E-state index >= 15 is 0 Å². The number of hydrogen-bond donors (Lipinski definition) is 3. The standard InChI is InChI=1S/C31H40BN3O8/c1-6-7-12-42-26-15-23-22(14-25(26)41-5)27(37)34-16-19(2)13-24(34)28(38)35(23)30(40)43-17-20-8-10-21(11-9-20)33-32-29(39)31(3,4)18-36/h8-11,14-15,24,28,32-33,36,38H,2,6-7,12-13,16-18H2,1,3-5H3/t24-,28-/m0/s1. The number of ether oxygens (including phenoxy) is 3. The molecule has 0 radical (unpaired) electrons. The van der Waals surface area contributed by atoms with Gasteiger partial charge in [0.2, 0.25) is 0 Å². The number of nitrogens with zero attached hydrogens (tertiary/aromatic N) is 2. The van der Waals surface area contributed by atoms with Gasteiger partial charge in [-0.1, -0.05) is 51.5 Å². The zero-order valence-electron chi connectivity index (χ0n) is 25.2.